The summed E-state index contributed by atoms with van der Waals surface area (Å²) in [7, 11) is 1.66. The van der Waals surface area contributed by atoms with Gasteiger partial charge in [0.25, 0.3) is 0 Å². The summed E-state index contributed by atoms with van der Waals surface area (Å²) in [5.74, 6) is 1.72. The minimum atomic E-state index is -0.162. The average molecular weight is 285 g/mol. The van der Waals surface area contributed by atoms with Gasteiger partial charge in [-0.15, -0.1) is 0 Å². The highest BCUT2D eigenvalue weighted by Crippen LogP contribution is 2.24. The van der Waals surface area contributed by atoms with E-state index in [-0.39, 0.29) is 6.04 Å². The summed E-state index contributed by atoms with van der Waals surface area (Å²) in [5.41, 5.74) is 8.41. The van der Waals surface area contributed by atoms with E-state index in [9.17, 15) is 0 Å². The second kappa shape index (κ2) is 7.70. The molecule has 2 aromatic rings. The van der Waals surface area contributed by atoms with Crippen molar-refractivity contribution in [2.75, 3.05) is 13.7 Å². The van der Waals surface area contributed by atoms with Crippen LogP contribution in [0.1, 0.15) is 36.9 Å². The maximum absolute atomic E-state index is 6.32. The highest BCUT2D eigenvalue weighted by Gasteiger charge is 2.09. The fraction of sp³-hybridized carbons (Fsp3) is 0.333. The molecule has 1 unspecified atom stereocenters. The maximum Gasteiger partial charge on any atom is 0.119 e. The van der Waals surface area contributed by atoms with Crippen LogP contribution in [0.25, 0.3) is 0 Å². The minimum absolute atomic E-state index is 0.162. The van der Waals surface area contributed by atoms with Gasteiger partial charge < -0.3 is 15.2 Å². The molecule has 2 N–H and O–H groups in total. The summed E-state index contributed by atoms with van der Waals surface area (Å²) < 4.78 is 10.9. The van der Waals surface area contributed by atoms with Crippen LogP contribution in [-0.4, -0.2) is 13.7 Å². The number of hydrogen-bond acceptors (Lipinski definition) is 3. The van der Waals surface area contributed by atoms with Crippen molar-refractivity contribution < 1.29 is 9.47 Å². The highest BCUT2D eigenvalue weighted by molar-refractivity contribution is 5.38. The van der Waals surface area contributed by atoms with Gasteiger partial charge in [-0.05, 0) is 41.8 Å². The molecule has 0 aliphatic heterocycles. The van der Waals surface area contributed by atoms with Crippen molar-refractivity contribution >= 4 is 0 Å². The Hall–Kier alpha value is -2.00. The van der Waals surface area contributed by atoms with Crippen molar-refractivity contribution in [3.63, 3.8) is 0 Å². The third kappa shape index (κ3) is 4.23. The zero-order valence-electron chi connectivity index (χ0n) is 12.7. The Bertz CT molecular complexity index is 551. The molecule has 0 aliphatic rings. The standard InChI is InChI=1S/C18H23NO2/c1-3-4-12-21-16-10-8-14(9-11-16)18(19)15-6-5-7-17(13-15)20-2/h5-11,13,18H,3-4,12,19H2,1-2H3. The first-order chi connectivity index (χ1) is 10.2. The van der Waals surface area contributed by atoms with Crippen molar-refractivity contribution in [3.05, 3.63) is 59.7 Å². The quantitative estimate of drug-likeness (QED) is 0.784. The van der Waals surface area contributed by atoms with Crippen LogP contribution in [0.15, 0.2) is 48.5 Å². The molecule has 0 heterocycles. The lowest BCUT2D eigenvalue weighted by Gasteiger charge is -2.14. The van der Waals surface area contributed by atoms with Crippen molar-refractivity contribution in [1.29, 1.82) is 0 Å². The van der Waals surface area contributed by atoms with Crippen molar-refractivity contribution in [3.8, 4) is 11.5 Å². The summed E-state index contributed by atoms with van der Waals surface area (Å²) in [6.45, 7) is 2.91. The zero-order chi connectivity index (χ0) is 15.1. The van der Waals surface area contributed by atoms with E-state index in [4.69, 9.17) is 15.2 Å². The molecule has 0 spiro atoms. The number of nitrogens with two attached hydrogens (primary N) is 1. The lowest BCUT2D eigenvalue weighted by Crippen LogP contribution is -2.11. The summed E-state index contributed by atoms with van der Waals surface area (Å²) in [4.78, 5) is 0. The van der Waals surface area contributed by atoms with E-state index in [0.29, 0.717) is 0 Å². The zero-order valence-corrected chi connectivity index (χ0v) is 12.7. The molecule has 3 nitrogen and oxygen atoms in total. The van der Waals surface area contributed by atoms with Gasteiger partial charge >= 0.3 is 0 Å². The summed E-state index contributed by atoms with van der Waals surface area (Å²) in [6.07, 6.45) is 2.21. The van der Waals surface area contributed by atoms with Gasteiger partial charge in [-0.3, -0.25) is 0 Å². The Labute approximate surface area is 126 Å². The number of methoxy groups -OCH3 is 1. The van der Waals surface area contributed by atoms with Crippen LogP contribution in [0.2, 0.25) is 0 Å². The van der Waals surface area contributed by atoms with E-state index >= 15 is 0 Å². The van der Waals surface area contributed by atoms with Gasteiger partial charge in [-0.25, -0.2) is 0 Å². The van der Waals surface area contributed by atoms with Crippen LogP contribution in [0.4, 0.5) is 0 Å². The molecule has 0 bridgehead atoms. The summed E-state index contributed by atoms with van der Waals surface area (Å²) in [5, 5.41) is 0. The topological polar surface area (TPSA) is 44.5 Å². The van der Waals surface area contributed by atoms with Crippen LogP contribution >= 0.6 is 0 Å². The molecule has 0 fully saturated rings. The van der Waals surface area contributed by atoms with E-state index in [1.807, 2.05) is 48.5 Å². The van der Waals surface area contributed by atoms with E-state index < -0.39 is 0 Å². The molecule has 2 rings (SSSR count). The Morgan fingerprint density at radius 3 is 2.43 bits per heavy atom. The molecule has 0 saturated carbocycles. The monoisotopic (exact) mass is 285 g/mol. The van der Waals surface area contributed by atoms with Crippen molar-refractivity contribution in [2.45, 2.75) is 25.8 Å². The normalized spacial score (nSPS) is 12.0. The average Bonchev–Trinajstić information content (AvgIpc) is 2.55. The Morgan fingerprint density at radius 2 is 1.76 bits per heavy atom. The molecular formula is C18H23NO2. The van der Waals surface area contributed by atoms with Gasteiger partial charge in [-0.2, -0.15) is 0 Å². The lowest BCUT2D eigenvalue weighted by atomic mass is 9.99. The van der Waals surface area contributed by atoms with Crippen molar-refractivity contribution in [2.24, 2.45) is 5.73 Å². The van der Waals surface area contributed by atoms with E-state index in [1.165, 1.54) is 0 Å². The van der Waals surface area contributed by atoms with Crippen LogP contribution < -0.4 is 15.2 Å². The third-order valence-corrected chi connectivity index (χ3v) is 3.46. The molecule has 112 valence electrons. The predicted octanol–water partition coefficient (Wildman–Crippen LogP) is 3.92. The van der Waals surface area contributed by atoms with Crippen molar-refractivity contribution in [1.82, 2.24) is 0 Å². The Kier molecular flexibility index (Phi) is 5.64. The Morgan fingerprint density at radius 1 is 1.00 bits per heavy atom. The maximum atomic E-state index is 6.32. The van der Waals surface area contributed by atoms with Gasteiger partial charge in [-0.1, -0.05) is 37.6 Å². The van der Waals surface area contributed by atoms with E-state index in [0.717, 1.165) is 42.1 Å². The predicted molar refractivity (Wildman–Crippen MR) is 85.9 cm³/mol. The second-order valence-electron chi connectivity index (χ2n) is 5.03. The lowest BCUT2D eigenvalue weighted by molar-refractivity contribution is 0.309. The summed E-state index contributed by atoms with van der Waals surface area (Å²) in [6, 6.07) is 15.7. The molecule has 0 aromatic heterocycles. The molecule has 21 heavy (non-hydrogen) atoms. The van der Waals surface area contributed by atoms with Gasteiger partial charge in [0.15, 0.2) is 0 Å². The van der Waals surface area contributed by atoms with E-state index in [2.05, 4.69) is 6.92 Å². The molecule has 3 heteroatoms. The third-order valence-electron chi connectivity index (χ3n) is 3.46. The fourth-order valence-corrected chi connectivity index (χ4v) is 2.13. The van der Waals surface area contributed by atoms with Gasteiger partial charge in [0.2, 0.25) is 0 Å². The molecule has 1 atom stereocenters. The number of unbranched alkanes of at least 4 members (excludes halogenated alkanes) is 1. The first kappa shape index (κ1) is 15.4. The number of rotatable bonds is 7. The second-order valence-corrected chi connectivity index (χ2v) is 5.03. The van der Waals surface area contributed by atoms with Crippen LogP contribution in [0.3, 0.4) is 0 Å². The molecule has 0 aliphatic carbocycles. The van der Waals surface area contributed by atoms with Crippen LogP contribution in [0, 0.1) is 0 Å². The number of ether oxygens (including phenoxy) is 2. The highest BCUT2D eigenvalue weighted by atomic mass is 16.5. The van der Waals surface area contributed by atoms with Gasteiger partial charge in [0.05, 0.1) is 19.8 Å². The van der Waals surface area contributed by atoms with Crippen LogP contribution in [-0.2, 0) is 0 Å². The largest absolute Gasteiger partial charge is 0.497 e. The number of benzene rings is 2. The molecule has 0 radical (unpaired) electrons. The minimum Gasteiger partial charge on any atom is -0.497 e. The first-order valence-corrected chi connectivity index (χ1v) is 7.37. The molecule has 0 amide bonds. The smallest absolute Gasteiger partial charge is 0.119 e. The van der Waals surface area contributed by atoms with Gasteiger partial charge in [0.1, 0.15) is 11.5 Å². The molecular weight excluding hydrogens is 262 g/mol. The SMILES string of the molecule is CCCCOc1ccc(C(N)c2cccc(OC)c2)cc1. The summed E-state index contributed by atoms with van der Waals surface area (Å²) >= 11 is 0. The molecule has 2 aromatic carbocycles. The number of hydrogen-bond donors (Lipinski definition) is 1. The Balaban J connectivity index is 2.06. The fourth-order valence-electron chi connectivity index (χ4n) is 2.13. The molecule has 0 saturated heterocycles. The van der Waals surface area contributed by atoms with E-state index in [1.54, 1.807) is 7.11 Å². The first-order valence-electron chi connectivity index (χ1n) is 7.37. The van der Waals surface area contributed by atoms with Crippen LogP contribution in [0.5, 0.6) is 11.5 Å². The van der Waals surface area contributed by atoms with Gasteiger partial charge in [0, 0.05) is 0 Å².